The molecule has 1 aromatic heterocycles. The van der Waals surface area contributed by atoms with Crippen LogP contribution in [0.2, 0.25) is 0 Å². The molecule has 0 fully saturated rings. The molecule has 0 spiro atoms. The molecule has 2 aromatic rings. The second kappa shape index (κ2) is 8.71. The summed E-state index contributed by atoms with van der Waals surface area (Å²) < 4.78 is 40.3. The highest BCUT2D eigenvalue weighted by Crippen LogP contribution is 2.26. The van der Waals surface area contributed by atoms with E-state index >= 15 is 0 Å². The van der Waals surface area contributed by atoms with Crippen LogP contribution in [0.3, 0.4) is 0 Å². The Balaban J connectivity index is 1.90. The average molecular weight is 337 g/mol. The van der Waals surface area contributed by atoms with Gasteiger partial charge in [-0.3, -0.25) is 4.98 Å². The van der Waals surface area contributed by atoms with Crippen LogP contribution in [0.5, 0.6) is 5.75 Å². The molecule has 0 saturated carbocycles. The number of ether oxygens (including phenoxy) is 1. The summed E-state index contributed by atoms with van der Waals surface area (Å²) in [6.45, 7) is 2.20. The van der Waals surface area contributed by atoms with Gasteiger partial charge in [0, 0.05) is 17.5 Å². The molecular formula is C19H22F3NO. The van der Waals surface area contributed by atoms with Crippen LogP contribution in [-0.4, -0.2) is 11.3 Å². The van der Waals surface area contributed by atoms with Crippen molar-refractivity contribution in [2.75, 3.05) is 0 Å². The zero-order valence-corrected chi connectivity index (χ0v) is 13.8. The Morgan fingerprint density at radius 1 is 0.875 bits per heavy atom. The maximum Gasteiger partial charge on any atom is 0.573 e. The van der Waals surface area contributed by atoms with E-state index < -0.39 is 6.36 Å². The van der Waals surface area contributed by atoms with Gasteiger partial charge < -0.3 is 4.74 Å². The molecule has 24 heavy (non-hydrogen) atoms. The van der Waals surface area contributed by atoms with Crippen molar-refractivity contribution in [3.05, 3.63) is 48.3 Å². The topological polar surface area (TPSA) is 22.1 Å². The van der Waals surface area contributed by atoms with E-state index in [1.807, 2.05) is 12.1 Å². The quantitative estimate of drug-likeness (QED) is 0.538. The van der Waals surface area contributed by atoms with Gasteiger partial charge in [0.05, 0.1) is 0 Å². The number of benzene rings is 1. The van der Waals surface area contributed by atoms with E-state index in [-0.39, 0.29) is 5.75 Å². The SMILES string of the molecule is CCCCCCCc1ccc(-c2ccc(OC(F)(F)F)cc2)cn1. The van der Waals surface area contributed by atoms with Crippen molar-refractivity contribution in [1.29, 1.82) is 0 Å². The minimum Gasteiger partial charge on any atom is -0.406 e. The first-order valence-corrected chi connectivity index (χ1v) is 8.29. The van der Waals surface area contributed by atoms with E-state index in [9.17, 15) is 13.2 Å². The van der Waals surface area contributed by atoms with Crippen molar-refractivity contribution in [3.8, 4) is 16.9 Å². The molecule has 0 amide bonds. The van der Waals surface area contributed by atoms with Crippen molar-refractivity contribution in [2.45, 2.75) is 51.8 Å². The minimum absolute atomic E-state index is 0.220. The Hall–Kier alpha value is -2.04. The molecule has 0 N–H and O–H groups in total. The van der Waals surface area contributed by atoms with Gasteiger partial charge in [0.25, 0.3) is 0 Å². The third-order valence-electron chi connectivity index (χ3n) is 3.78. The zero-order chi connectivity index (χ0) is 17.4. The van der Waals surface area contributed by atoms with Crippen molar-refractivity contribution in [1.82, 2.24) is 4.98 Å². The number of hydrogen-bond donors (Lipinski definition) is 0. The Labute approximate surface area is 140 Å². The summed E-state index contributed by atoms with van der Waals surface area (Å²) in [4.78, 5) is 4.44. The van der Waals surface area contributed by atoms with Crippen LogP contribution in [0.15, 0.2) is 42.6 Å². The van der Waals surface area contributed by atoms with Crippen molar-refractivity contribution >= 4 is 0 Å². The van der Waals surface area contributed by atoms with Gasteiger partial charge in [-0.1, -0.05) is 50.8 Å². The Kier molecular flexibility index (Phi) is 6.64. The lowest BCUT2D eigenvalue weighted by molar-refractivity contribution is -0.274. The van der Waals surface area contributed by atoms with Crippen LogP contribution >= 0.6 is 0 Å². The lowest BCUT2D eigenvalue weighted by Gasteiger charge is -2.09. The number of halogens is 3. The first-order chi connectivity index (χ1) is 11.5. The van der Waals surface area contributed by atoms with Crippen LogP contribution in [0.4, 0.5) is 13.2 Å². The summed E-state index contributed by atoms with van der Waals surface area (Å²) in [6, 6.07) is 9.75. The van der Waals surface area contributed by atoms with Crippen LogP contribution in [0, 0.1) is 0 Å². The van der Waals surface area contributed by atoms with E-state index in [1.165, 1.54) is 37.8 Å². The monoisotopic (exact) mass is 337 g/mol. The van der Waals surface area contributed by atoms with Gasteiger partial charge in [-0.05, 0) is 36.6 Å². The Bertz CT molecular complexity index is 606. The summed E-state index contributed by atoms with van der Waals surface area (Å²) in [5.74, 6) is -0.220. The number of pyridine rings is 1. The fourth-order valence-corrected chi connectivity index (χ4v) is 2.50. The van der Waals surface area contributed by atoms with Crippen LogP contribution in [0.25, 0.3) is 11.1 Å². The number of rotatable bonds is 8. The maximum absolute atomic E-state index is 12.1. The standard InChI is InChI=1S/C19H22F3NO/c1-2-3-4-5-6-7-17-11-8-16(14-23-17)15-9-12-18(13-10-15)24-19(20,21)22/h8-14H,2-7H2,1H3. The predicted molar refractivity (Wildman–Crippen MR) is 88.8 cm³/mol. The molecule has 0 unspecified atom stereocenters. The van der Waals surface area contributed by atoms with Crippen LogP contribution in [-0.2, 0) is 6.42 Å². The zero-order valence-electron chi connectivity index (χ0n) is 13.8. The number of aromatic nitrogens is 1. The average Bonchev–Trinajstić information content (AvgIpc) is 2.55. The highest BCUT2D eigenvalue weighted by molar-refractivity contribution is 5.63. The molecule has 0 radical (unpaired) electrons. The predicted octanol–water partition coefficient (Wildman–Crippen LogP) is 6.16. The Morgan fingerprint density at radius 2 is 1.54 bits per heavy atom. The molecule has 0 aliphatic heterocycles. The number of aryl methyl sites for hydroxylation is 1. The summed E-state index contributed by atoms with van der Waals surface area (Å²) in [6.07, 6.45) is 4.19. The van der Waals surface area contributed by atoms with E-state index in [2.05, 4.69) is 16.6 Å². The fourth-order valence-electron chi connectivity index (χ4n) is 2.50. The first-order valence-electron chi connectivity index (χ1n) is 8.29. The molecule has 0 aliphatic rings. The molecule has 1 heterocycles. The molecule has 2 nitrogen and oxygen atoms in total. The Morgan fingerprint density at radius 3 is 2.12 bits per heavy atom. The smallest absolute Gasteiger partial charge is 0.406 e. The summed E-state index contributed by atoms with van der Waals surface area (Å²) in [5, 5.41) is 0. The molecule has 0 bridgehead atoms. The molecule has 130 valence electrons. The van der Waals surface area contributed by atoms with Gasteiger partial charge >= 0.3 is 6.36 Å². The van der Waals surface area contributed by atoms with Crippen molar-refractivity contribution in [3.63, 3.8) is 0 Å². The second-order valence-corrected chi connectivity index (χ2v) is 5.77. The molecule has 5 heteroatoms. The normalized spacial score (nSPS) is 11.5. The molecule has 2 rings (SSSR count). The van der Waals surface area contributed by atoms with Gasteiger partial charge in [-0.15, -0.1) is 13.2 Å². The van der Waals surface area contributed by atoms with E-state index in [0.29, 0.717) is 0 Å². The highest BCUT2D eigenvalue weighted by Gasteiger charge is 2.30. The number of hydrogen-bond acceptors (Lipinski definition) is 2. The van der Waals surface area contributed by atoms with E-state index in [1.54, 1.807) is 18.3 Å². The molecule has 0 saturated heterocycles. The van der Waals surface area contributed by atoms with Crippen LogP contribution in [0.1, 0.15) is 44.7 Å². The largest absolute Gasteiger partial charge is 0.573 e. The molecule has 1 aromatic carbocycles. The van der Waals surface area contributed by atoms with Gasteiger partial charge in [0.15, 0.2) is 0 Å². The summed E-state index contributed by atoms with van der Waals surface area (Å²) in [7, 11) is 0. The highest BCUT2D eigenvalue weighted by atomic mass is 19.4. The summed E-state index contributed by atoms with van der Waals surface area (Å²) in [5.41, 5.74) is 2.74. The van der Waals surface area contributed by atoms with Crippen LogP contribution < -0.4 is 4.74 Å². The molecular weight excluding hydrogens is 315 g/mol. The number of alkyl halides is 3. The number of nitrogens with zero attached hydrogens (tertiary/aromatic N) is 1. The second-order valence-electron chi connectivity index (χ2n) is 5.77. The fraction of sp³-hybridized carbons (Fsp3) is 0.421. The van der Waals surface area contributed by atoms with Gasteiger partial charge in [-0.2, -0.15) is 0 Å². The lowest BCUT2D eigenvalue weighted by atomic mass is 10.1. The van der Waals surface area contributed by atoms with Gasteiger partial charge in [0.2, 0.25) is 0 Å². The first kappa shape index (κ1) is 18.3. The maximum atomic E-state index is 12.1. The van der Waals surface area contributed by atoms with E-state index in [0.717, 1.165) is 29.7 Å². The number of unbranched alkanes of at least 4 members (excludes halogenated alkanes) is 4. The minimum atomic E-state index is -4.66. The van der Waals surface area contributed by atoms with Crippen molar-refractivity contribution < 1.29 is 17.9 Å². The third-order valence-corrected chi connectivity index (χ3v) is 3.78. The van der Waals surface area contributed by atoms with E-state index in [4.69, 9.17) is 0 Å². The third kappa shape index (κ3) is 6.22. The van der Waals surface area contributed by atoms with Crippen molar-refractivity contribution in [2.24, 2.45) is 0 Å². The lowest BCUT2D eigenvalue weighted by Crippen LogP contribution is -2.16. The summed E-state index contributed by atoms with van der Waals surface area (Å²) >= 11 is 0. The van der Waals surface area contributed by atoms with Gasteiger partial charge in [-0.25, -0.2) is 0 Å². The molecule has 0 aliphatic carbocycles. The molecule has 0 atom stereocenters. The van der Waals surface area contributed by atoms with Gasteiger partial charge in [0.1, 0.15) is 5.75 Å².